The van der Waals surface area contributed by atoms with Crippen LogP contribution in [0.5, 0.6) is 0 Å². The van der Waals surface area contributed by atoms with Crippen molar-refractivity contribution in [1.82, 2.24) is 14.5 Å². The molecule has 4 rings (SSSR count). The van der Waals surface area contributed by atoms with Crippen LogP contribution in [0, 0.1) is 5.41 Å². The van der Waals surface area contributed by atoms with E-state index >= 15 is 0 Å². The van der Waals surface area contributed by atoms with Crippen molar-refractivity contribution < 1.29 is 19.1 Å². The molecule has 0 aliphatic carbocycles. The second kappa shape index (κ2) is 13.1. The first-order chi connectivity index (χ1) is 19.2. The van der Waals surface area contributed by atoms with Crippen molar-refractivity contribution in [2.45, 2.75) is 71.6 Å². The highest BCUT2D eigenvalue weighted by atomic mass is 16.5. The monoisotopic (exact) mass is 548 g/mol. The second-order valence-electron chi connectivity index (χ2n) is 11.8. The summed E-state index contributed by atoms with van der Waals surface area (Å²) in [5, 5.41) is 1.22. The van der Waals surface area contributed by atoms with E-state index in [4.69, 9.17) is 20.2 Å². The number of hydrogen-bond acceptors (Lipinski definition) is 7. The zero-order valence-electron chi connectivity index (χ0n) is 24.6. The molecule has 3 unspecified atom stereocenters. The minimum absolute atomic E-state index is 0.166. The smallest absolute Gasteiger partial charge is 0.293 e. The molecular formula is C32H44N4O4. The molecular weight excluding hydrogens is 504 g/mol. The van der Waals surface area contributed by atoms with Gasteiger partial charge >= 0.3 is 0 Å². The molecule has 3 aromatic rings. The Morgan fingerprint density at radius 1 is 1.25 bits per heavy atom. The summed E-state index contributed by atoms with van der Waals surface area (Å²) < 4.78 is 13.3. The Morgan fingerprint density at radius 2 is 2.05 bits per heavy atom. The van der Waals surface area contributed by atoms with Gasteiger partial charge in [0.15, 0.2) is 0 Å². The van der Waals surface area contributed by atoms with Crippen LogP contribution in [-0.4, -0.2) is 66.6 Å². The first-order valence-electron chi connectivity index (χ1n) is 14.3. The van der Waals surface area contributed by atoms with Crippen molar-refractivity contribution in [3.63, 3.8) is 0 Å². The first-order valence-corrected chi connectivity index (χ1v) is 14.3. The number of ether oxygens (including phenoxy) is 2. The predicted octanol–water partition coefficient (Wildman–Crippen LogP) is 4.88. The van der Waals surface area contributed by atoms with Crippen molar-refractivity contribution >= 4 is 23.7 Å². The van der Waals surface area contributed by atoms with Crippen LogP contribution in [0.25, 0.3) is 22.2 Å². The van der Waals surface area contributed by atoms with E-state index in [0.717, 1.165) is 62.1 Å². The van der Waals surface area contributed by atoms with Gasteiger partial charge in [0.25, 0.3) is 6.47 Å². The van der Waals surface area contributed by atoms with E-state index in [1.165, 1.54) is 22.0 Å². The topological polar surface area (TPSA) is 99.7 Å². The minimum atomic E-state index is -0.451. The number of carbonyl (C=O) groups excluding carboxylic acids is 2. The highest BCUT2D eigenvalue weighted by Crippen LogP contribution is 2.41. The molecule has 0 spiro atoms. The van der Waals surface area contributed by atoms with Gasteiger partial charge in [-0.1, -0.05) is 19.9 Å². The molecule has 0 amide bonds. The molecule has 3 atom stereocenters. The van der Waals surface area contributed by atoms with E-state index in [1.54, 1.807) is 7.11 Å². The quantitative estimate of drug-likeness (QED) is 0.304. The summed E-state index contributed by atoms with van der Waals surface area (Å²) in [6.07, 6.45) is 5.39. The zero-order valence-corrected chi connectivity index (χ0v) is 24.6. The Balaban J connectivity index is 1.87. The summed E-state index contributed by atoms with van der Waals surface area (Å²) in [5.41, 5.74) is 12.5. The maximum atomic E-state index is 11.2. The fourth-order valence-corrected chi connectivity index (χ4v) is 6.19. The van der Waals surface area contributed by atoms with Gasteiger partial charge in [0.05, 0.1) is 30.1 Å². The van der Waals surface area contributed by atoms with Crippen LogP contribution in [0.4, 0.5) is 0 Å². The van der Waals surface area contributed by atoms with Crippen molar-refractivity contribution in [2.24, 2.45) is 11.1 Å². The molecule has 1 aromatic carbocycles. The van der Waals surface area contributed by atoms with Gasteiger partial charge < -0.3 is 29.5 Å². The van der Waals surface area contributed by atoms with Crippen molar-refractivity contribution in [2.75, 3.05) is 33.4 Å². The van der Waals surface area contributed by atoms with Gasteiger partial charge in [-0.05, 0) is 81.0 Å². The number of fused-ring (bicyclic) bond motifs is 1. The molecule has 216 valence electrons. The first kappa shape index (κ1) is 29.9. The number of likely N-dealkylation sites (tertiary alicyclic amines) is 1. The number of aryl methyl sites for hydroxylation is 1. The molecule has 2 N–H and O–H groups in total. The average Bonchev–Trinajstić information content (AvgIpc) is 3.27. The highest BCUT2D eigenvalue weighted by Gasteiger charge is 2.29. The number of aromatic nitrogens is 2. The molecule has 1 aliphatic rings. The third-order valence-corrected chi connectivity index (χ3v) is 8.16. The number of nitrogens with two attached hydrogens (primary N) is 1. The summed E-state index contributed by atoms with van der Waals surface area (Å²) in [4.78, 5) is 29.3. The predicted molar refractivity (Wildman–Crippen MR) is 158 cm³/mol. The molecule has 1 aliphatic heterocycles. The average molecular weight is 549 g/mol. The van der Waals surface area contributed by atoms with Crippen LogP contribution in [-0.2, 0) is 32.0 Å². The summed E-state index contributed by atoms with van der Waals surface area (Å²) in [7, 11) is 1.71. The van der Waals surface area contributed by atoms with Crippen LogP contribution in [0.2, 0.25) is 0 Å². The van der Waals surface area contributed by atoms with Crippen molar-refractivity contribution in [1.29, 1.82) is 0 Å². The lowest BCUT2D eigenvalue weighted by Crippen LogP contribution is -2.43. The lowest BCUT2D eigenvalue weighted by Gasteiger charge is -2.33. The molecule has 1 saturated heterocycles. The van der Waals surface area contributed by atoms with Gasteiger partial charge in [-0.15, -0.1) is 0 Å². The van der Waals surface area contributed by atoms with E-state index in [9.17, 15) is 9.59 Å². The van der Waals surface area contributed by atoms with E-state index < -0.39 is 6.04 Å². The summed E-state index contributed by atoms with van der Waals surface area (Å²) in [6, 6.07) is 10.5. The van der Waals surface area contributed by atoms with Gasteiger partial charge in [-0.25, -0.2) is 0 Å². The van der Waals surface area contributed by atoms with Crippen LogP contribution in [0.15, 0.2) is 36.5 Å². The van der Waals surface area contributed by atoms with E-state index in [1.807, 2.05) is 19.2 Å². The number of nitrogens with zero attached hydrogens (tertiary/aromatic N) is 3. The fraction of sp³-hybridized carbons (Fsp3) is 0.531. The SMILES string of the molecule is CCn1c(-c2cccnc2C(C)OC)c(CC(C)(C)COC=O)c2cc(C3CCCN(CC(N)C=O)C3)ccc21. The van der Waals surface area contributed by atoms with Gasteiger partial charge in [-0.3, -0.25) is 9.78 Å². The van der Waals surface area contributed by atoms with Gasteiger partial charge in [0.2, 0.25) is 0 Å². The van der Waals surface area contributed by atoms with Gasteiger partial charge in [-0.2, -0.15) is 0 Å². The third-order valence-electron chi connectivity index (χ3n) is 8.16. The largest absolute Gasteiger partial charge is 0.467 e. The Hall–Kier alpha value is -3.07. The molecule has 8 heteroatoms. The third kappa shape index (κ3) is 6.45. The number of pyridine rings is 1. The highest BCUT2D eigenvalue weighted by molar-refractivity contribution is 5.93. The van der Waals surface area contributed by atoms with E-state index in [-0.39, 0.29) is 11.5 Å². The summed E-state index contributed by atoms with van der Waals surface area (Å²) in [6.45, 7) is 12.6. The van der Waals surface area contributed by atoms with Crippen LogP contribution in [0.1, 0.15) is 69.4 Å². The lowest BCUT2D eigenvalue weighted by molar-refractivity contribution is -0.131. The van der Waals surface area contributed by atoms with E-state index in [2.05, 4.69) is 54.5 Å². The maximum absolute atomic E-state index is 11.2. The van der Waals surface area contributed by atoms with E-state index in [0.29, 0.717) is 25.5 Å². The zero-order chi connectivity index (χ0) is 28.9. The molecule has 3 heterocycles. The number of piperidine rings is 1. The Bertz CT molecular complexity index is 1320. The van der Waals surface area contributed by atoms with Gasteiger partial charge in [0, 0.05) is 54.8 Å². The molecule has 40 heavy (non-hydrogen) atoms. The molecule has 0 bridgehead atoms. The Labute approximate surface area is 237 Å². The maximum Gasteiger partial charge on any atom is 0.293 e. The number of carbonyl (C=O) groups is 2. The number of rotatable bonds is 13. The molecule has 2 aromatic heterocycles. The number of benzene rings is 1. The normalized spacial score (nSPS) is 18.0. The summed E-state index contributed by atoms with van der Waals surface area (Å²) >= 11 is 0. The molecule has 8 nitrogen and oxygen atoms in total. The number of methoxy groups -OCH3 is 1. The lowest BCUT2D eigenvalue weighted by atomic mass is 9.83. The van der Waals surface area contributed by atoms with Crippen molar-refractivity contribution in [3.8, 4) is 11.3 Å². The molecule has 0 radical (unpaired) electrons. The number of aldehydes is 1. The Kier molecular flexibility index (Phi) is 9.77. The molecule has 1 fully saturated rings. The molecule has 0 saturated carbocycles. The van der Waals surface area contributed by atoms with Crippen LogP contribution in [0.3, 0.4) is 0 Å². The summed E-state index contributed by atoms with van der Waals surface area (Å²) in [5.74, 6) is 0.368. The second-order valence-corrected chi connectivity index (χ2v) is 11.8. The fourth-order valence-electron chi connectivity index (χ4n) is 6.19. The standard InChI is InChI=1S/C32H44N4O4/c1-6-36-29-12-11-23(24-9-8-14-35(17-24)18-25(33)19-37)15-27(29)28(16-32(3,4)20-40-21-38)31(36)26-10-7-13-34-30(26)22(2)39-5/h7,10-13,15,19,21-22,24-25H,6,8-9,14,16-18,20,33H2,1-5H3. The van der Waals surface area contributed by atoms with Crippen LogP contribution >= 0.6 is 0 Å². The van der Waals surface area contributed by atoms with Crippen molar-refractivity contribution in [3.05, 3.63) is 53.3 Å². The van der Waals surface area contributed by atoms with Crippen LogP contribution < -0.4 is 5.73 Å². The minimum Gasteiger partial charge on any atom is -0.467 e. The Morgan fingerprint density at radius 3 is 2.75 bits per heavy atom. The number of hydrogen-bond donors (Lipinski definition) is 1. The van der Waals surface area contributed by atoms with Gasteiger partial charge in [0.1, 0.15) is 6.29 Å².